The van der Waals surface area contributed by atoms with Crippen molar-refractivity contribution in [2.24, 2.45) is 5.92 Å². The summed E-state index contributed by atoms with van der Waals surface area (Å²) in [5.74, 6) is -2.74. The van der Waals surface area contributed by atoms with Gasteiger partial charge in [0.15, 0.2) is 5.92 Å². The Morgan fingerprint density at radius 3 is 1.69 bits per heavy atom. The molecule has 1 heterocycles. The highest BCUT2D eigenvalue weighted by Gasteiger charge is 2.42. The summed E-state index contributed by atoms with van der Waals surface area (Å²) in [4.78, 5) is 32.0. The Morgan fingerprint density at radius 1 is 0.622 bits per heavy atom. The Kier molecular flexibility index (Phi) is 9.02. The van der Waals surface area contributed by atoms with Gasteiger partial charge in [0.05, 0.1) is 12.8 Å². The largest absolute Gasteiger partial charge is 0.497 e. The second-order valence-corrected chi connectivity index (χ2v) is 10.7. The molecule has 0 aliphatic heterocycles. The average molecular weight is 596 g/mol. The van der Waals surface area contributed by atoms with Crippen molar-refractivity contribution in [2.45, 2.75) is 19.1 Å². The molecule has 1 N–H and O–H groups in total. The second kappa shape index (κ2) is 13.8. The maximum Gasteiger partial charge on any atom is 0.321 e. The van der Waals surface area contributed by atoms with E-state index in [2.05, 4.69) is 4.98 Å². The monoisotopic (exact) mass is 595 g/mol. The number of hydrogen-bond donors (Lipinski definition) is 1. The first-order valence-electron chi connectivity index (χ1n) is 14.8. The first-order valence-corrected chi connectivity index (χ1v) is 14.8. The summed E-state index contributed by atoms with van der Waals surface area (Å²) in [7, 11) is 1.60. The Labute approximate surface area is 262 Å². The molecule has 0 aliphatic carbocycles. The fourth-order valence-corrected chi connectivity index (χ4v) is 5.66. The lowest BCUT2D eigenvalue weighted by molar-refractivity contribution is -0.164. The standard InChI is InChI=1S/C39H33NO5/c1-43-31-23-21-29(22-24-31)34(35-32-19-11-12-20-33(32)40-37(35)30-17-9-4-10-18-30)36(38(41)44-25-27-13-5-2-6-14-27)39(42)45-26-28-15-7-3-8-16-28/h2-24,34,36,40H,25-26H2,1H3. The van der Waals surface area contributed by atoms with Gasteiger partial charge in [0.2, 0.25) is 0 Å². The van der Waals surface area contributed by atoms with E-state index in [1.807, 2.05) is 140 Å². The number of aromatic amines is 1. The molecule has 0 aliphatic rings. The van der Waals surface area contributed by atoms with Crippen LogP contribution in [-0.2, 0) is 32.3 Å². The molecular formula is C39H33NO5. The van der Waals surface area contributed by atoms with Crippen molar-refractivity contribution in [3.63, 3.8) is 0 Å². The van der Waals surface area contributed by atoms with Crippen LogP contribution in [0.25, 0.3) is 22.2 Å². The lowest BCUT2D eigenvalue weighted by Gasteiger charge is -2.26. The summed E-state index contributed by atoms with van der Waals surface area (Å²) >= 11 is 0. The molecule has 6 nitrogen and oxygen atoms in total. The molecule has 0 spiro atoms. The van der Waals surface area contributed by atoms with Gasteiger partial charge in [-0.1, -0.05) is 121 Å². The van der Waals surface area contributed by atoms with Crippen molar-refractivity contribution in [3.05, 3.63) is 162 Å². The number of para-hydroxylation sites is 1. The number of carbonyl (C=O) groups excluding carboxylic acids is 2. The van der Waals surface area contributed by atoms with Crippen molar-refractivity contribution in [2.75, 3.05) is 7.11 Å². The minimum Gasteiger partial charge on any atom is -0.497 e. The number of nitrogens with one attached hydrogen (secondary N) is 1. The SMILES string of the molecule is COc1ccc(C(c2c(-c3ccccc3)[nH]c3ccccc23)C(C(=O)OCc2ccccc2)C(=O)OCc2ccccc2)cc1. The first kappa shape index (κ1) is 29.5. The molecule has 224 valence electrons. The molecule has 5 aromatic carbocycles. The Hall–Kier alpha value is -5.62. The van der Waals surface area contributed by atoms with Crippen LogP contribution in [0.1, 0.15) is 28.2 Å². The van der Waals surface area contributed by atoms with Gasteiger partial charge < -0.3 is 19.2 Å². The van der Waals surface area contributed by atoms with E-state index in [9.17, 15) is 9.59 Å². The minimum atomic E-state index is -1.31. The molecule has 0 saturated carbocycles. The maximum absolute atomic E-state index is 14.2. The number of rotatable bonds is 11. The van der Waals surface area contributed by atoms with Gasteiger partial charge in [-0.15, -0.1) is 0 Å². The lowest BCUT2D eigenvalue weighted by Crippen LogP contribution is -2.34. The summed E-state index contributed by atoms with van der Waals surface area (Å²) in [6.45, 7) is 0.0494. The number of H-pyrrole nitrogens is 1. The van der Waals surface area contributed by atoms with Crippen molar-refractivity contribution < 1.29 is 23.8 Å². The number of benzene rings is 5. The molecule has 0 bridgehead atoms. The van der Waals surface area contributed by atoms with E-state index in [1.54, 1.807) is 7.11 Å². The van der Waals surface area contributed by atoms with Crippen LogP contribution in [0.15, 0.2) is 140 Å². The van der Waals surface area contributed by atoms with E-state index in [4.69, 9.17) is 14.2 Å². The van der Waals surface area contributed by atoms with Crippen LogP contribution in [-0.4, -0.2) is 24.0 Å². The number of aromatic nitrogens is 1. The van der Waals surface area contributed by atoms with Crippen LogP contribution < -0.4 is 4.74 Å². The average Bonchev–Trinajstić information content (AvgIpc) is 3.49. The molecule has 1 unspecified atom stereocenters. The highest BCUT2D eigenvalue weighted by atomic mass is 16.6. The summed E-state index contributed by atoms with van der Waals surface area (Å²) in [5.41, 5.74) is 5.82. The van der Waals surface area contributed by atoms with Gasteiger partial charge in [-0.25, -0.2) is 0 Å². The van der Waals surface area contributed by atoms with Crippen molar-refractivity contribution in [1.82, 2.24) is 4.98 Å². The van der Waals surface area contributed by atoms with E-state index in [0.29, 0.717) is 5.75 Å². The number of methoxy groups -OCH3 is 1. The predicted molar refractivity (Wildman–Crippen MR) is 175 cm³/mol. The molecule has 0 fully saturated rings. The Bertz CT molecular complexity index is 1810. The molecular weight excluding hydrogens is 562 g/mol. The summed E-state index contributed by atoms with van der Waals surface area (Å²) < 4.78 is 17.2. The summed E-state index contributed by atoms with van der Waals surface area (Å²) in [6, 6.07) is 44.1. The number of hydrogen-bond acceptors (Lipinski definition) is 5. The fourth-order valence-electron chi connectivity index (χ4n) is 5.66. The minimum absolute atomic E-state index is 0.0247. The molecule has 0 amide bonds. The highest BCUT2D eigenvalue weighted by molar-refractivity contribution is 6.00. The van der Waals surface area contributed by atoms with E-state index in [1.165, 1.54) is 0 Å². The van der Waals surface area contributed by atoms with Gasteiger partial charge >= 0.3 is 11.9 Å². The normalized spacial score (nSPS) is 11.7. The van der Waals surface area contributed by atoms with E-state index in [-0.39, 0.29) is 13.2 Å². The smallest absolute Gasteiger partial charge is 0.321 e. The van der Waals surface area contributed by atoms with Crippen LogP contribution in [0, 0.1) is 5.92 Å². The molecule has 6 heteroatoms. The van der Waals surface area contributed by atoms with Crippen molar-refractivity contribution in [1.29, 1.82) is 0 Å². The van der Waals surface area contributed by atoms with Gasteiger partial charge in [-0.2, -0.15) is 0 Å². The number of esters is 2. The molecule has 0 saturated heterocycles. The number of carbonyl (C=O) groups is 2. The molecule has 0 radical (unpaired) electrons. The molecule has 1 atom stereocenters. The van der Waals surface area contributed by atoms with Crippen molar-refractivity contribution in [3.8, 4) is 17.0 Å². The zero-order valence-corrected chi connectivity index (χ0v) is 24.9. The number of fused-ring (bicyclic) bond motifs is 1. The van der Waals surface area contributed by atoms with Crippen molar-refractivity contribution >= 4 is 22.8 Å². The van der Waals surface area contributed by atoms with Gasteiger partial charge in [-0.3, -0.25) is 9.59 Å². The van der Waals surface area contributed by atoms with Gasteiger partial charge in [0.25, 0.3) is 0 Å². The van der Waals surface area contributed by atoms with Gasteiger partial charge in [0, 0.05) is 16.8 Å². The highest BCUT2D eigenvalue weighted by Crippen LogP contribution is 2.44. The van der Waals surface area contributed by atoms with Gasteiger partial charge in [-0.05, 0) is 46.0 Å². The molecule has 6 rings (SSSR count). The van der Waals surface area contributed by atoms with E-state index in [0.717, 1.165) is 44.4 Å². The molecule has 45 heavy (non-hydrogen) atoms. The number of ether oxygens (including phenoxy) is 3. The van der Waals surface area contributed by atoms with E-state index < -0.39 is 23.8 Å². The van der Waals surface area contributed by atoms with Crippen LogP contribution in [0.2, 0.25) is 0 Å². The van der Waals surface area contributed by atoms with Crippen LogP contribution in [0.4, 0.5) is 0 Å². The third-order valence-corrected chi connectivity index (χ3v) is 7.88. The third kappa shape index (κ3) is 6.65. The van der Waals surface area contributed by atoms with Crippen LogP contribution in [0.5, 0.6) is 5.75 Å². The van der Waals surface area contributed by atoms with Crippen LogP contribution >= 0.6 is 0 Å². The van der Waals surface area contributed by atoms with Crippen LogP contribution in [0.3, 0.4) is 0 Å². The second-order valence-electron chi connectivity index (χ2n) is 10.7. The predicted octanol–water partition coefficient (Wildman–Crippen LogP) is 8.08. The maximum atomic E-state index is 14.2. The lowest BCUT2D eigenvalue weighted by atomic mass is 9.78. The zero-order valence-electron chi connectivity index (χ0n) is 24.9. The molecule has 6 aromatic rings. The molecule has 1 aromatic heterocycles. The summed E-state index contributed by atoms with van der Waals surface area (Å²) in [6.07, 6.45) is 0. The fraction of sp³-hybridized carbons (Fsp3) is 0.128. The van der Waals surface area contributed by atoms with E-state index >= 15 is 0 Å². The summed E-state index contributed by atoms with van der Waals surface area (Å²) in [5, 5.41) is 0.897. The quantitative estimate of drug-likeness (QED) is 0.121. The third-order valence-electron chi connectivity index (χ3n) is 7.88. The first-order chi connectivity index (χ1) is 22.1. The topological polar surface area (TPSA) is 77.6 Å². The Balaban J connectivity index is 1.51. The van der Waals surface area contributed by atoms with Gasteiger partial charge in [0.1, 0.15) is 19.0 Å². The Morgan fingerprint density at radius 2 is 1.13 bits per heavy atom. The zero-order chi connectivity index (χ0) is 31.0.